The van der Waals surface area contributed by atoms with Crippen LogP contribution in [-0.4, -0.2) is 35.4 Å². The summed E-state index contributed by atoms with van der Waals surface area (Å²) in [5.74, 6) is 0.489. The number of aromatic nitrogens is 6. The smallest absolute Gasteiger partial charge is 0.274 e. The van der Waals surface area contributed by atoms with Crippen LogP contribution >= 0.6 is 0 Å². The summed E-state index contributed by atoms with van der Waals surface area (Å²) in [6.45, 7) is 2.16. The molecule has 33 heavy (non-hydrogen) atoms. The van der Waals surface area contributed by atoms with Gasteiger partial charge in [0.05, 0.1) is 18.3 Å². The minimum atomic E-state index is -0.455. The number of nitrogens with one attached hydrogen (secondary N) is 1. The highest BCUT2D eigenvalue weighted by Gasteiger charge is 2.22. The minimum Gasteiger partial charge on any atom is -0.443 e. The first-order chi connectivity index (χ1) is 16.0. The highest BCUT2D eigenvalue weighted by atomic mass is 16.3. The Bertz CT molecular complexity index is 1470. The van der Waals surface area contributed by atoms with E-state index in [1.54, 1.807) is 12.4 Å². The molecule has 0 saturated carbocycles. The molecule has 0 fully saturated rings. The number of hydrogen-bond donors (Lipinski definition) is 2. The standard InChI is InChI=1S/C23H20N8O2/c1-13-11-27-17(31(13)2)12-28-22(32)20-21(24)30-19(23-26-8-9-33-23)18(29-20)15-5-6-16-14(10-15)4-3-7-25-16/h3-11H,12H2,1-2H3,(H2,24,30)(H,28,32). The number of imidazole rings is 1. The Morgan fingerprint density at radius 3 is 2.76 bits per heavy atom. The number of benzene rings is 1. The van der Waals surface area contributed by atoms with Crippen molar-refractivity contribution in [3.05, 3.63) is 72.4 Å². The summed E-state index contributed by atoms with van der Waals surface area (Å²) in [7, 11) is 1.88. The van der Waals surface area contributed by atoms with E-state index in [0.717, 1.165) is 22.2 Å². The second-order valence-corrected chi connectivity index (χ2v) is 7.46. The first-order valence-corrected chi connectivity index (χ1v) is 10.2. The summed E-state index contributed by atoms with van der Waals surface area (Å²) >= 11 is 0. The first kappa shape index (κ1) is 20.3. The van der Waals surface area contributed by atoms with Gasteiger partial charge in [0.25, 0.3) is 5.91 Å². The SMILES string of the molecule is Cc1cnc(CNC(=O)c2nc(-c3ccc4ncccc4c3)c(-c3ncco3)nc2N)n1C. The third-order valence-electron chi connectivity index (χ3n) is 5.37. The van der Waals surface area contributed by atoms with Crippen LogP contribution in [0.3, 0.4) is 0 Å². The maximum atomic E-state index is 13.0. The Morgan fingerprint density at radius 1 is 1.12 bits per heavy atom. The third-order valence-corrected chi connectivity index (χ3v) is 5.37. The molecule has 0 radical (unpaired) electrons. The van der Waals surface area contributed by atoms with Gasteiger partial charge < -0.3 is 20.0 Å². The lowest BCUT2D eigenvalue weighted by Crippen LogP contribution is -2.27. The second kappa shape index (κ2) is 8.15. The third kappa shape index (κ3) is 3.78. The average molecular weight is 440 g/mol. The molecule has 0 saturated heterocycles. The number of carbonyl (C=O) groups excluding carboxylic acids is 1. The number of rotatable bonds is 5. The van der Waals surface area contributed by atoms with E-state index in [0.29, 0.717) is 17.2 Å². The quantitative estimate of drug-likeness (QED) is 0.425. The molecule has 0 aliphatic carbocycles. The van der Waals surface area contributed by atoms with Crippen molar-refractivity contribution in [2.24, 2.45) is 7.05 Å². The average Bonchev–Trinajstić information content (AvgIpc) is 3.48. The molecule has 0 aliphatic heterocycles. The number of aryl methyl sites for hydroxylation is 1. The number of pyridine rings is 1. The lowest BCUT2D eigenvalue weighted by Gasteiger charge is -2.12. The van der Waals surface area contributed by atoms with Crippen molar-refractivity contribution in [1.29, 1.82) is 0 Å². The van der Waals surface area contributed by atoms with Crippen molar-refractivity contribution in [2.45, 2.75) is 13.5 Å². The molecule has 10 heteroatoms. The predicted molar refractivity (Wildman–Crippen MR) is 122 cm³/mol. The van der Waals surface area contributed by atoms with Gasteiger partial charge in [-0.15, -0.1) is 0 Å². The molecule has 1 amide bonds. The molecule has 5 rings (SSSR count). The Balaban J connectivity index is 1.56. The normalized spacial score (nSPS) is 11.1. The van der Waals surface area contributed by atoms with Crippen LogP contribution in [0.4, 0.5) is 5.82 Å². The number of anilines is 1. The molecule has 5 aromatic rings. The van der Waals surface area contributed by atoms with Gasteiger partial charge in [-0.05, 0) is 25.1 Å². The van der Waals surface area contributed by atoms with E-state index in [2.05, 4.69) is 30.2 Å². The van der Waals surface area contributed by atoms with Crippen molar-refractivity contribution in [3.63, 3.8) is 0 Å². The molecule has 0 unspecified atom stereocenters. The summed E-state index contributed by atoms with van der Waals surface area (Å²) in [6, 6.07) is 9.47. The molecule has 3 N–H and O–H groups in total. The van der Waals surface area contributed by atoms with E-state index in [-0.39, 0.29) is 23.9 Å². The van der Waals surface area contributed by atoms with Crippen LogP contribution in [0.5, 0.6) is 0 Å². The molecule has 4 heterocycles. The maximum absolute atomic E-state index is 13.0. The molecule has 164 valence electrons. The fourth-order valence-corrected chi connectivity index (χ4v) is 3.48. The van der Waals surface area contributed by atoms with Gasteiger partial charge in [0.15, 0.2) is 17.2 Å². The number of oxazole rings is 1. The number of nitrogens with two attached hydrogens (primary N) is 1. The van der Waals surface area contributed by atoms with E-state index >= 15 is 0 Å². The Hall–Kier alpha value is -4.60. The molecule has 0 spiro atoms. The fourth-order valence-electron chi connectivity index (χ4n) is 3.48. The molecule has 10 nitrogen and oxygen atoms in total. The van der Waals surface area contributed by atoms with Crippen molar-refractivity contribution < 1.29 is 9.21 Å². The zero-order valence-electron chi connectivity index (χ0n) is 18.0. The molecule has 4 aromatic heterocycles. The summed E-state index contributed by atoms with van der Waals surface area (Å²) in [4.78, 5) is 34.8. The minimum absolute atomic E-state index is 0.0116. The fraction of sp³-hybridized carbons (Fsp3) is 0.130. The lowest BCUT2D eigenvalue weighted by atomic mass is 10.1. The van der Waals surface area contributed by atoms with Crippen LogP contribution in [0.2, 0.25) is 0 Å². The van der Waals surface area contributed by atoms with Crippen molar-refractivity contribution in [3.8, 4) is 22.8 Å². The number of nitrogen functional groups attached to an aromatic ring is 1. The number of fused-ring (bicyclic) bond motifs is 1. The lowest BCUT2D eigenvalue weighted by molar-refractivity contribution is 0.0945. The summed E-state index contributed by atoms with van der Waals surface area (Å²) in [5.41, 5.74) is 9.47. The van der Waals surface area contributed by atoms with Crippen molar-refractivity contribution in [1.82, 2.24) is 34.8 Å². The van der Waals surface area contributed by atoms with Gasteiger partial charge in [-0.3, -0.25) is 9.78 Å². The van der Waals surface area contributed by atoms with Crippen LogP contribution in [0.25, 0.3) is 33.7 Å². The van der Waals surface area contributed by atoms with Gasteiger partial charge in [0.1, 0.15) is 17.8 Å². The van der Waals surface area contributed by atoms with Crippen LogP contribution < -0.4 is 11.1 Å². The molecule has 0 atom stereocenters. The first-order valence-electron chi connectivity index (χ1n) is 10.2. The van der Waals surface area contributed by atoms with Gasteiger partial charge >= 0.3 is 0 Å². The maximum Gasteiger partial charge on any atom is 0.274 e. The molecular formula is C23H20N8O2. The Labute approximate surface area is 188 Å². The van der Waals surface area contributed by atoms with Crippen LogP contribution in [0.15, 0.2) is 59.6 Å². The molecular weight excluding hydrogens is 420 g/mol. The van der Waals surface area contributed by atoms with Crippen LogP contribution in [0.1, 0.15) is 22.0 Å². The number of amides is 1. The van der Waals surface area contributed by atoms with E-state index in [1.807, 2.05) is 48.9 Å². The molecule has 1 aromatic carbocycles. The predicted octanol–water partition coefficient (Wildman–Crippen LogP) is 2.90. The zero-order chi connectivity index (χ0) is 22.9. The summed E-state index contributed by atoms with van der Waals surface area (Å²) in [5, 5.41) is 3.74. The van der Waals surface area contributed by atoms with Gasteiger partial charge in [0.2, 0.25) is 5.89 Å². The molecule has 0 aliphatic rings. The van der Waals surface area contributed by atoms with E-state index in [1.165, 1.54) is 12.5 Å². The molecule has 0 bridgehead atoms. The Morgan fingerprint density at radius 2 is 2.00 bits per heavy atom. The van der Waals surface area contributed by atoms with Gasteiger partial charge in [-0.1, -0.05) is 12.1 Å². The topological polar surface area (TPSA) is 138 Å². The van der Waals surface area contributed by atoms with Crippen LogP contribution in [0, 0.1) is 6.92 Å². The van der Waals surface area contributed by atoms with Gasteiger partial charge in [0, 0.05) is 36.1 Å². The Kier molecular flexibility index (Phi) is 5.02. The number of hydrogen-bond acceptors (Lipinski definition) is 8. The number of carbonyl (C=O) groups is 1. The summed E-state index contributed by atoms with van der Waals surface area (Å²) in [6.07, 6.45) is 6.43. The highest BCUT2D eigenvalue weighted by Crippen LogP contribution is 2.31. The van der Waals surface area contributed by atoms with Gasteiger partial charge in [-0.2, -0.15) is 0 Å². The highest BCUT2D eigenvalue weighted by molar-refractivity contribution is 5.98. The van der Waals surface area contributed by atoms with Crippen molar-refractivity contribution >= 4 is 22.6 Å². The number of nitrogens with zero attached hydrogens (tertiary/aromatic N) is 6. The second-order valence-electron chi connectivity index (χ2n) is 7.46. The largest absolute Gasteiger partial charge is 0.443 e. The van der Waals surface area contributed by atoms with Crippen LogP contribution in [-0.2, 0) is 13.6 Å². The van der Waals surface area contributed by atoms with Gasteiger partial charge in [-0.25, -0.2) is 19.9 Å². The van der Waals surface area contributed by atoms with E-state index in [4.69, 9.17) is 10.2 Å². The van der Waals surface area contributed by atoms with Crippen molar-refractivity contribution in [2.75, 3.05) is 5.73 Å². The monoisotopic (exact) mass is 440 g/mol. The zero-order valence-corrected chi connectivity index (χ0v) is 18.0. The van der Waals surface area contributed by atoms with E-state index in [9.17, 15) is 4.79 Å². The summed E-state index contributed by atoms with van der Waals surface area (Å²) < 4.78 is 7.35. The van der Waals surface area contributed by atoms with E-state index < -0.39 is 5.91 Å².